The fraction of sp³-hybridized carbons (Fsp3) is 0.222. The Bertz CT molecular complexity index is 1020. The monoisotopic (exact) mass is 415 g/mol. The third-order valence-corrected chi connectivity index (χ3v) is 6.31. The lowest BCUT2D eigenvalue weighted by Crippen LogP contribution is -2.33. The molecular formula is C27H26ClNO. The van der Waals surface area contributed by atoms with Crippen LogP contribution in [-0.2, 0) is 29.5 Å². The first-order valence-corrected chi connectivity index (χ1v) is 10.9. The molecule has 30 heavy (non-hydrogen) atoms. The fourth-order valence-corrected chi connectivity index (χ4v) is 5.01. The van der Waals surface area contributed by atoms with E-state index in [1.807, 2.05) is 24.3 Å². The van der Waals surface area contributed by atoms with Crippen LogP contribution in [0, 0.1) is 0 Å². The predicted molar refractivity (Wildman–Crippen MR) is 125 cm³/mol. The lowest BCUT2D eigenvalue weighted by molar-refractivity contribution is -0.104. The highest BCUT2D eigenvalue weighted by Crippen LogP contribution is 2.51. The van der Waals surface area contributed by atoms with Crippen molar-refractivity contribution in [1.82, 2.24) is 0 Å². The summed E-state index contributed by atoms with van der Waals surface area (Å²) >= 11 is 6.73. The zero-order valence-corrected chi connectivity index (χ0v) is 18.0. The number of carbonyl (C=O) groups excluding carboxylic acids is 1. The molecular weight excluding hydrogens is 390 g/mol. The molecule has 3 aromatic rings. The maximum Gasteiger partial charge on any atom is 0.144 e. The summed E-state index contributed by atoms with van der Waals surface area (Å²) in [5.74, 6) is 0. The Morgan fingerprint density at radius 1 is 0.900 bits per heavy atom. The van der Waals surface area contributed by atoms with Crippen LogP contribution in [-0.4, -0.2) is 6.29 Å². The molecule has 0 bridgehead atoms. The summed E-state index contributed by atoms with van der Waals surface area (Å²) in [5, 5.41) is 4.37. The van der Waals surface area contributed by atoms with Gasteiger partial charge in [-0.25, -0.2) is 0 Å². The van der Waals surface area contributed by atoms with Gasteiger partial charge in [-0.05, 0) is 59.7 Å². The largest absolute Gasteiger partial charge is 0.358 e. The molecule has 1 N–H and O–H groups in total. The lowest BCUT2D eigenvalue weighted by atomic mass is 9.69. The van der Waals surface area contributed by atoms with Crippen molar-refractivity contribution in [3.63, 3.8) is 0 Å². The second-order valence-corrected chi connectivity index (χ2v) is 8.35. The summed E-state index contributed by atoms with van der Waals surface area (Å²) in [5.41, 5.74) is 6.52. The Hall–Kier alpha value is -2.84. The SMILES string of the molecule is CCCc1c(Cl)ccc2c1C(Cc1ccccc1)(Cc1ccccc1)C(=CC=O)N2. The Kier molecular flexibility index (Phi) is 6.06. The van der Waals surface area contributed by atoms with Crippen LogP contribution in [0.2, 0.25) is 5.02 Å². The molecule has 0 fully saturated rings. The highest BCUT2D eigenvalue weighted by molar-refractivity contribution is 6.31. The molecule has 0 aromatic heterocycles. The summed E-state index contributed by atoms with van der Waals surface area (Å²) in [6, 6.07) is 25.0. The molecule has 0 aliphatic carbocycles. The van der Waals surface area contributed by atoms with Crippen LogP contribution in [0.15, 0.2) is 84.6 Å². The predicted octanol–water partition coefficient (Wildman–Crippen LogP) is 6.52. The molecule has 0 radical (unpaired) electrons. The molecule has 0 spiro atoms. The van der Waals surface area contributed by atoms with Gasteiger partial charge in [0.25, 0.3) is 0 Å². The second kappa shape index (κ2) is 8.89. The maximum atomic E-state index is 11.6. The van der Waals surface area contributed by atoms with Crippen molar-refractivity contribution < 1.29 is 4.79 Å². The van der Waals surface area contributed by atoms with Crippen LogP contribution in [0.5, 0.6) is 0 Å². The van der Waals surface area contributed by atoms with Gasteiger partial charge in [-0.3, -0.25) is 4.79 Å². The number of carbonyl (C=O) groups is 1. The van der Waals surface area contributed by atoms with Gasteiger partial charge in [0, 0.05) is 21.8 Å². The van der Waals surface area contributed by atoms with Gasteiger partial charge in [0.05, 0.1) is 0 Å². The first kappa shape index (κ1) is 20.4. The van der Waals surface area contributed by atoms with Gasteiger partial charge in [0.2, 0.25) is 0 Å². The molecule has 0 amide bonds. The summed E-state index contributed by atoms with van der Waals surface area (Å²) in [6.45, 7) is 2.18. The number of aldehydes is 1. The first-order valence-electron chi connectivity index (χ1n) is 10.5. The smallest absolute Gasteiger partial charge is 0.144 e. The van der Waals surface area contributed by atoms with Crippen LogP contribution in [0.4, 0.5) is 5.69 Å². The standard InChI is InChI=1S/C27H26ClNO/c1-2-9-22-23(28)14-15-24-26(22)27(25(29-24)16-17-30,18-20-10-5-3-6-11-20)19-21-12-7-4-8-13-21/h3-8,10-17,29H,2,9,18-19H2,1H3. The zero-order valence-electron chi connectivity index (χ0n) is 17.2. The molecule has 0 saturated carbocycles. The van der Waals surface area contributed by atoms with Crippen molar-refractivity contribution in [2.45, 2.75) is 38.0 Å². The lowest BCUT2D eigenvalue weighted by Gasteiger charge is -2.33. The Morgan fingerprint density at radius 2 is 1.50 bits per heavy atom. The van der Waals surface area contributed by atoms with Crippen molar-refractivity contribution in [1.29, 1.82) is 0 Å². The van der Waals surface area contributed by atoms with Gasteiger partial charge in [-0.1, -0.05) is 85.6 Å². The van der Waals surface area contributed by atoms with E-state index < -0.39 is 0 Å². The van der Waals surface area contributed by atoms with Crippen molar-refractivity contribution in [2.75, 3.05) is 5.32 Å². The summed E-state index contributed by atoms with van der Waals surface area (Å²) in [4.78, 5) is 11.6. The average molecular weight is 416 g/mol. The Labute approximate surface area is 183 Å². The van der Waals surface area contributed by atoms with Crippen molar-refractivity contribution in [2.24, 2.45) is 0 Å². The number of halogens is 1. The number of anilines is 1. The highest BCUT2D eigenvalue weighted by atomic mass is 35.5. The number of hydrogen-bond acceptors (Lipinski definition) is 2. The average Bonchev–Trinajstić information content (AvgIpc) is 3.05. The van der Waals surface area contributed by atoms with Crippen molar-refractivity contribution in [3.8, 4) is 0 Å². The van der Waals surface area contributed by atoms with Gasteiger partial charge in [-0.15, -0.1) is 0 Å². The number of allylic oxidation sites excluding steroid dienone is 2. The molecule has 1 aliphatic rings. The van der Waals surface area contributed by atoms with E-state index in [0.29, 0.717) is 0 Å². The van der Waals surface area contributed by atoms with E-state index in [1.165, 1.54) is 22.3 Å². The van der Waals surface area contributed by atoms with Crippen LogP contribution < -0.4 is 5.32 Å². The van der Waals surface area contributed by atoms with Crippen LogP contribution in [0.1, 0.15) is 35.6 Å². The minimum absolute atomic E-state index is 0.381. The number of hydrogen-bond donors (Lipinski definition) is 1. The van der Waals surface area contributed by atoms with Crippen LogP contribution in [0.3, 0.4) is 0 Å². The number of rotatable bonds is 7. The Morgan fingerprint density at radius 3 is 2.03 bits per heavy atom. The van der Waals surface area contributed by atoms with Crippen LogP contribution >= 0.6 is 11.6 Å². The van der Waals surface area contributed by atoms with Crippen molar-refractivity contribution in [3.05, 3.63) is 112 Å². The van der Waals surface area contributed by atoms with Gasteiger partial charge >= 0.3 is 0 Å². The van der Waals surface area contributed by atoms with E-state index in [2.05, 4.69) is 60.8 Å². The van der Waals surface area contributed by atoms with Gasteiger partial charge in [-0.2, -0.15) is 0 Å². The van der Waals surface area contributed by atoms with E-state index in [1.54, 1.807) is 6.08 Å². The molecule has 3 heteroatoms. The van der Waals surface area contributed by atoms with Gasteiger partial charge in [0.1, 0.15) is 6.29 Å². The molecule has 1 heterocycles. The topological polar surface area (TPSA) is 29.1 Å². The maximum absolute atomic E-state index is 11.6. The third kappa shape index (κ3) is 3.80. The van der Waals surface area contributed by atoms with Crippen LogP contribution in [0.25, 0.3) is 0 Å². The minimum Gasteiger partial charge on any atom is -0.358 e. The number of nitrogens with one attached hydrogen (secondary N) is 1. The molecule has 152 valence electrons. The molecule has 4 rings (SSSR count). The van der Waals surface area contributed by atoms with E-state index in [0.717, 1.165) is 48.4 Å². The van der Waals surface area contributed by atoms with E-state index in [9.17, 15) is 4.79 Å². The third-order valence-electron chi connectivity index (χ3n) is 5.95. The summed E-state index contributed by atoms with van der Waals surface area (Å²) in [6.07, 6.45) is 6.08. The van der Waals surface area contributed by atoms with Gasteiger partial charge < -0.3 is 5.32 Å². The molecule has 0 saturated heterocycles. The molecule has 1 aliphatic heterocycles. The fourth-order valence-electron chi connectivity index (χ4n) is 4.75. The second-order valence-electron chi connectivity index (χ2n) is 7.95. The van der Waals surface area contributed by atoms with Crippen molar-refractivity contribution >= 4 is 23.6 Å². The molecule has 3 aromatic carbocycles. The molecule has 2 nitrogen and oxygen atoms in total. The minimum atomic E-state index is -0.381. The number of benzene rings is 3. The summed E-state index contributed by atoms with van der Waals surface area (Å²) in [7, 11) is 0. The summed E-state index contributed by atoms with van der Waals surface area (Å²) < 4.78 is 0. The highest BCUT2D eigenvalue weighted by Gasteiger charge is 2.45. The number of fused-ring (bicyclic) bond motifs is 1. The van der Waals surface area contributed by atoms with Gasteiger partial charge in [0.15, 0.2) is 0 Å². The van der Waals surface area contributed by atoms with E-state index in [4.69, 9.17) is 11.6 Å². The molecule has 0 atom stereocenters. The zero-order chi connectivity index (χ0) is 21.0. The first-order chi connectivity index (χ1) is 14.7. The van der Waals surface area contributed by atoms with E-state index >= 15 is 0 Å². The molecule has 0 unspecified atom stereocenters. The quantitative estimate of drug-likeness (QED) is 0.351. The Balaban J connectivity index is 1.97. The van der Waals surface area contributed by atoms with E-state index in [-0.39, 0.29) is 5.41 Å². The normalized spacial score (nSPS) is 15.6.